The van der Waals surface area contributed by atoms with E-state index in [1.165, 1.54) is 6.07 Å². The molecule has 166 valence electrons. The van der Waals surface area contributed by atoms with Crippen molar-refractivity contribution < 1.29 is 18.3 Å². The first kappa shape index (κ1) is 22.0. The molecule has 32 heavy (non-hydrogen) atoms. The van der Waals surface area contributed by atoms with Gasteiger partial charge in [0.15, 0.2) is 11.6 Å². The van der Waals surface area contributed by atoms with Gasteiger partial charge in [-0.1, -0.05) is 42.5 Å². The molecule has 0 atom stereocenters. The number of methoxy groups -OCH3 is 1. The third-order valence-electron chi connectivity index (χ3n) is 5.95. The van der Waals surface area contributed by atoms with Crippen LogP contribution in [0.4, 0.5) is 14.5 Å². The molecule has 0 spiro atoms. The summed E-state index contributed by atoms with van der Waals surface area (Å²) in [5.41, 5.74) is 3.00. The van der Waals surface area contributed by atoms with Crippen LogP contribution >= 0.6 is 0 Å². The zero-order valence-electron chi connectivity index (χ0n) is 18.0. The van der Waals surface area contributed by atoms with Crippen molar-refractivity contribution in [2.45, 2.75) is 19.4 Å². The van der Waals surface area contributed by atoms with Gasteiger partial charge < -0.3 is 10.1 Å². The van der Waals surface area contributed by atoms with Crippen LogP contribution in [0.5, 0.6) is 5.75 Å². The van der Waals surface area contributed by atoms with E-state index in [0.29, 0.717) is 38.0 Å². The molecule has 1 amide bonds. The van der Waals surface area contributed by atoms with E-state index in [1.54, 1.807) is 13.2 Å². The molecule has 0 saturated carbocycles. The minimum atomic E-state index is -0.827. The summed E-state index contributed by atoms with van der Waals surface area (Å²) in [5.74, 6) is -1.00. The monoisotopic (exact) mass is 436 g/mol. The number of carbonyl (C=O) groups is 1. The molecule has 4 nitrogen and oxygen atoms in total. The van der Waals surface area contributed by atoms with Crippen molar-refractivity contribution in [3.8, 4) is 16.9 Å². The van der Waals surface area contributed by atoms with Gasteiger partial charge >= 0.3 is 0 Å². The number of benzene rings is 3. The van der Waals surface area contributed by atoms with E-state index in [4.69, 9.17) is 4.74 Å². The van der Waals surface area contributed by atoms with Crippen molar-refractivity contribution >= 4 is 11.6 Å². The first-order valence-electron chi connectivity index (χ1n) is 10.7. The Morgan fingerprint density at radius 3 is 2.56 bits per heavy atom. The summed E-state index contributed by atoms with van der Waals surface area (Å²) < 4.78 is 32.7. The molecule has 4 rings (SSSR count). The highest BCUT2D eigenvalue weighted by Gasteiger charge is 2.26. The van der Waals surface area contributed by atoms with Crippen molar-refractivity contribution in [3.05, 3.63) is 83.9 Å². The molecular formula is C26H26F2N2O2. The van der Waals surface area contributed by atoms with Crippen molar-refractivity contribution in [2.75, 3.05) is 25.5 Å². The van der Waals surface area contributed by atoms with Gasteiger partial charge in [0.2, 0.25) is 5.91 Å². The molecule has 1 fully saturated rings. The van der Waals surface area contributed by atoms with E-state index >= 15 is 0 Å². The minimum Gasteiger partial charge on any atom is -0.497 e. The van der Waals surface area contributed by atoms with Crippen LogP contribution in [0.15, 0.2) is 66.7 Å². The van der Waals surface area contributed by atoms with Gasteiger partial charge in [0.25, 0.3) is 0 Å². The second-order valence-corrected chi connectivity index (χ2v) is 8.03. The number of piperidine rings is 1. The van der Waals surface area contributed by atoms with Crippen molar-refractivity contribution in [1.82, 2.24) is 4.90 Å². The highest BCUT2D eigenvalue weighted by Crippen LogP contribution is 2.31. The van der Waals surface area contributed by atoms with Gasteiger partial charge in [-0.3, -0.25) is 9.69 Å². The maximum Gasteiger partial charge on any atom is 0.227 e. The van der Waals surface area contributed by atoms with Crippen LogP contribution < -0.4 is 10.1 Å². The third kappa shape index (κ3) is 4.97. The molecule has 1 aliphatic heterocycles. The second-order valence-electron chi connectivity index (χ2n) is 8.03. The van der Waals surface area contributed by atoms with Crippen LogP contribution in [0.25, 0.3) is 11.1 Å². The molecule has 0 radical (unpaired) electrons. The number of para-hydroxylation sites is 1. The Bertz CT molecular complexity index is 1090. The standard InChI is InChI=1S/C26H26F2N2O2/c1-32-21-8-4-6-19(16-21)22-9-2-3-11-24(22)29-26(31)18-12-14-30(15-13-18)17-20-7-5-10-23(27)25(20)28/h2-11,16,18H,12-15,17H2,1H3,(H,29,31). The van der Waals surface area contributed by atoms with E-state index in [0.717, 1.165) is 28.6 Å². The highest BCUT2D eigenvalue weighted by atomic mass is 19.2. The predicted octanol–water partition coefficient (Wildman–Crippen LogP) is 5.49. The smallest absolute Gasteiger partial charge is 0.227 e. The Kier molecular flexibility index (Phi) is 6.81. The van der Waals surface area contributed by atoms with Gasteiger partial charge in [-0.15, -0.1) is 0 Å². The summed E-state index contributed by atoms with van der Waals surface area (Å²) in [4.78, 5) is 15.0. The summed E-state index contributed by atoms with van der Waals surface area (Å²) in [7, 11) is 1.63. The Morgan fingerprint density at radius 1 is 1.03 bits per heavy atom. The lowest BCUT2D eigenvalue weighted by Crippen LogP contribution is -2.38. The first-order chi connectivity index (χ1) is 15.5. The lowest BCUT2D eigenvalue weighted by atomic mass is 9.95. The first-order valence-corrected chi connectivity index (χ1v) is 10.7. The summed E-state index contributed by atoms with van der Waals surface area (Å²) in [6, 6.07) is 19.7. The van der Waals surface area contributed by atoms with E-state index in [9.17, 15) is 13.6 Å². The fourth-order valence-electron chi connectivity index (χ4n) is 4.13. The fourth-order valence-corrected chi connectivity index (χ4v) is 4.13. The zero-order valence-corrected chi connectivity index (χ0v) is 18.0. The van der Waals surface area contributed by atoms with E-state index < -0.39 is 11.6 Å². The average Bonchev–Trinajstić information content (AvgIpc) is 2.83. The molecule has 1 aliphatic rings. The summed E-state index contributed by atoms with van der Waals surface area (Å²) in [6.07, 6.45) is 1.34. The number of ether oxygens (including phenoxy) is 1. The lowest BCUT2D eigenvalue weighted by molar-refractivity contribution is -0.121. The number of hydrogen-bond acceptors (Lipinski definition) is 3. The van der Waals surface area contributed by atoms with E-state index in [2.05, 4.69) is 10.2 Å². The fraction of sp³-hybridized carbons (Fsp3) is 0.269. The molecule has 3 aromatic carbocycles. The maximum absolute atomic E-state index is 14.0. The third-order valence-corrected chi connectivity index (χ3v) is 5.95. The van der Waals surface area contributed by atoms with Crippen LogP contribution in [0, 0.1) is 17.6 Å². The Morgan fingerprint density at radius 2 is 1.78 bits per heavy atom. The largest absolute Gasteiger partial charge is 0.497 e. The van der Waals surface area contributed by atoms with Gasteiger partial charge in [0, 0.05) is 29.3 Å². The van der Waals surface area contributed by atoms with Crippen LogP contribution in [0.2, 0.25) is 0 Å². The number of amides is 1. The number of halogens is 2. The molecule has 0 unspecified atom stereocenters. The van der Waals surface area contributed by atoms with Crippen molar-refractivity contribution in [3.63, 3.8) is 0 Å². The van der Waals surface area contributed by atoms with Gasteiger partial charge in [-0.05, 0) is 55.8 Å². The SMILES string of the molecule is COc1cccc(-c2ccccc2NC(=O)C2CCN(Cc3cccc(F)c3F)CC2)c1. The van der Waals surface area contributed by atoms with Crippen molar-refractivity contribution in [1.29, 1.82) is 0 Å². The van der Waals surface area contributed by atoms with Gasteiger partial charge in [0.1, 0.15) is 5.75 Å². The summed E-state index contributed by atoms with van der Waals surface area (Å²) >= 11 is 0. The molecule has 6 heteroatoms. The van der Waals surface area contributed by atoms with Gasteiger partial charge in [0.05, 0.1) is 7.11 Å². The predicted molar refractivity (Wildman–Crippen MR) is 121 cm³/mol. The number of hydrogen-bond donors (Lipinski definition) is 1. The second kappa shape index (κ2) is 9.92. The molecule has 1 heterocycles. The molecule has 0 bridgehead atoms. The molecule has 1 saturated heterocycles. The summed E-state index contributed by atoms with van der Waals surface area (Å²) in [5, 5.41) is 3.09. The molecular weight excluding hydrogens is 410 g/mol. The number of rotatable bonds is 6. The van der Waals surface area contributed by atoms with E-state index in [1.807, 2.05) is 48.5 Å². The average molecular weight is 437 g/mol. The number of nitrogens with one attached hydrogen (secondary N) is 1. The number of nitrogens with zero attached hydrogens (tertiary/aromatic N) is 1. The van der Waals surface area contributed by atoms with Crippen LogP contribution in [-0.2, 0) is 11.3 Å². The number of likely N-dealkylation sites (tertiary alicyclic amines) is 1. The van der Waals surface area contributed by atoms with Crippen LogP contribution in [0.3, 0.4) is 0 Å². The van der Waals surface area contributed by atoms with Gasteiger partial charge in [-0.25, -0.2) is 8.78 Å². The molecule has 3 aromatic rings. The van der Waals surface area contributed by atoms with Crippen LogP contribution in [0.1, 0.15) is 18.4 Å². The van der Waals surface area contributed by atoms with Gasteiger partial charge in [-0.2, -0.15) is 0 Å². The Balaban J connectivity index is 1.39. The Labute approximate surface area is 186 Å². The van der Waals surface area contributed by atoms with E-state index in [-0.39, 0.29) is 11.8 Å². The molecule has 0 aliphatic carbocycles. The quantitative estimate of drug-likeness (QED) is 0.556. The number of carbonyl (C=O) groups excluding carboxylic acids is 1. The van der Waals surface area contributed by atoms with Crippen molar-refractivity contribution in [2.24, 2.45) is 5.92 Å². The van der Waals surface area contributed by atoms with Crippen LogP contribution in [-0.4, -0.2) is 31.0 Å². The minimum absolute atomic E-state index is 0.0167. The zero-order chi connectivity index (χ0) is 22.5. The molecule has 1 N–H and O–H groups in total. The Hall–Kier alpha value is -3.25. The topological polar surface area (TPSA) is 41.6 Å². The maximum atomic E-state index is 14.0. The summed E-state index contributed by atoms with van der Waals surface area (Å²) in [6.45, 7) is 1.66. The lowest BCUT2D eigenvalue weighted by Gasteiger charge is -2.31. The number of anilines is 1. The normalized spacial score (nSPS) is 14.8. The molecule has 0 aromatic heterocycles. The highest BCUT2D eigenvalue weighted by molar-refractivity contribution is 5.96.